The summed E-state index contributed by atoms with van der Waals surface area (Å²) in [5.74, 6) is 0.189. The maximum absolute atomic E-state index is 12.4. The second-order valence-corrected chi connectivity index (χ2v) is 6.47. The lowest BCUT2D eigenvalue weighted by Gasteiger charge is -2.07. The SMILES string of the molecule is O=S(=O)(Nc1ccc(Cl)cn1)c1cccc2nsnc12. The number of sulfonamides is 1. The maximum atomic E-state index is 12.4. The Bertz CT molecular complexity index is 862. The summed E-state index contributed by atoms with van der Waals surface area (Å²) < 4.78 is 35.1. The molecule has 0 aliphatic carbocycles. The Hall–Kier alpha value is -1.77. The standard InChI is InChI=1S/C11H7ClN4O2S2/c12-7-4-5-10(13-6-7)16-20(17,18)9-3-1-2-8-11(9)15-19-14-8/h1-6H,(H,13,16). The molecule has 0 aliphatic rings. The van der Waals surface area contributed by atoms with Gasteiger partial charge in [0.25, 0.3) is 10.0 Å². The van der Waals surface area contributed by atoms with Crippen molar-refractivity contribution < 1.29 is 8.42 Å². The molecule has 0 radical (unpaired) electrons. The lowest BCUT2D eigenvalue weighted by atomic mass is 10.3. The highest BCUT2D eigenvalue weighted by Gasteiger charge is 2.19. The topological polar surface area (TPSA) is 84.8 Å². The number of hydrogen-bond donors (Lipinski definition) is 1. The van der Waals surface area contributed by atoms with Gasteiger partial charge < -0.3 is 0 Å². The highest BCUT2D eigenvalue weighted by Crippen LogP contribution is 2.23. The molecule has 0 bridgehead atoms. The van der Waals surface area contributed by atoms with Gasteiger partial charge >= 0.3 is 0 Å². The van der Waals surface area contributed by atoms with Gasteiger partial charge in [0.15, 0.2) is 0 Å². The summed E-state index contributed by atoms with van der Waals surface area (Å²) in [6, 6.07) is 7.84. The molecule has 9 heteroatoms. The van der Waals surface area contributed by atoms with Crippen LogP contribution in [0.3, 0.4) is 0 Å². The molecule has 0 fully saturated rings. The van der Waals surface area contributed by atoms with Gasteiger partial charge in [0.1, 0.15) is 21.7 Å². The number of aromatic nitrogens is 3. The lowest BCUT2D eigenvalue weighted by molar-refractivity contribution is 0.601. The van der Waals surface area contributed by atoms with Crippen LogP contribution in [0.4, 0.5) is 5.82 Å². The molecule has 6 nitrogen and oxygen atoms in total. The third kappa shape index (κ3) is 2.45. The normalized spacial score (nSPS) is 11.7. The van der Waals surface area contributed by atoms with E-state index < -0.39 is 10.0 Å². The lowest BCUT2D eigenvalue weighted by Crippen LogP contribution is -2.14. The smallest absolute Gasteiger partial charge is 0.263 e. The van der Waals surface area contributed by atoms with Crippen LogP contribution in [0.2, 0.25) is 5.02 Å². The summed E-state index contributed by atoms with van der Waals surface area (Å²) in [5, 5.41) is 0.429. The molecule has 0 saturated carbocycles. The summed E-state index contributed by atoms with van der Waals surface area (Å²) >= 11 is 6.67. The van der Waals surface area contributed by atoms with Crippen molar-refractivity contribution >= 4 is 50.2 Å². The number of rotatable bonds is 3. The number of nitrogens with one attached hydrogen (secondary N) is 1. The highest BCUT2D eigenvalue weighted by molar-refractivity contribution is 7.93. The van der Waals surface area contributed by atoms with Crippen molar-refractivity contribution in [2.45, 2.75) is 4.90 Å². The molecular weight excluding hydrogens is 320 g/mol. The average molecular weight is 327 g/mol. The van der Waals surface area contributed by atoms with Crippen molar-refractivity contribution in [1.82, 2.24) is 13.7 Å². The molecule has 0 spiro atoms. The molecular formula is C11H7ClN4O2S2. The van der Waals surface area contributed by atoms with Crippen molar-refractivity contribution in [3.05, 3.63) is 41.6 Å². The molecule has 2 heterocycles. The molecule has 0 saturated heterocycles. The minimum atomic E-state index is -3.77. The van der Waals surface area contributed by atoms with Crippen LogP contribution in [0, 0.1) is 0 Å². The first kappa shape index (κ1) is 13.2. The fourth-order valence-electron chi connectivity index (χ4n) is 1.63. The van der Waals surface area contributed by atoms with Crippen LogP contribution >= 0.6 is 23.3 Å². The van der Waals surface area contributed by atoms with Crippen LogP contribution in [0.1, 0.15) is 0 Å². The van der Waals surface area contributed by atoms with Crippen LogP contribution < -0.4 is 4.72 Å². The van der Waals surface area contributed by atoms with E-state index in [2.05, 4.69) is 18.5 Å². The number of anilines is 1. The molecule has 3 aromatic rings. The van der Waals surface area contributed by atoms with E-state index in [4.69, 9.17) is 11.6 Å². The quantitative estimate of drug-likeness (QED) is 0.799. The molecule has 102 valence electrons. The number of nitrogens with zero attached hydrogens (tertiary/aromatic N) is 3. The number of hydrogen-bond acceptors (Lipinski definition) is 6. The van der Waals surface area contributed by atoms with Gasteiger partial charge in [0.05, 0.1) is 16.8 Å². The van der Waals surface area contributed by atoms with Gasteiger partial charge in [-0.1, -0.05) is 17.7 Å². The van der Waals surface area contributed by atoms with Crippen molar-refractivity contribution in [1.29, 1.82) is 0 Å². The molecule has 1 aromatic carbocycles. The summed E-state index contributed by atoms with van der Waals surface area (Å²) in [5.41, 5.74) is 0.890. The second kappa shape index (κ2) is 4.97. The van der Waals surface area contributed by atoms with Gasteiger partial charge in [-0.15, -0.1) is 0 Å². The van der Waals surface area contributed by atoms with E-state index in [1.54, 1.807) is 18.2 Å². The van der Waals surface area contributed by atoms with Gasteiger partial charge in [-0.25, -0.2) is 13.4 Å². The maximum Gasteiger partial charge on any atom is 0.265 e. The van der Waals surface area contributed by atoms with Crippen LogP contribution in [-0.2, 0) is 10.0 Å². The molecule has 0 amide bonds. The van der Waals surface area contributed by atoms with E-state index in [-0.39, 0.29) is 10.7 Å². The second-order valence-electron chi connectivity index (χ2n) is 3.86. The van der Waals surface area contributed by atoms with Gasteiger partial charge in [-0.05, 0) is 24.3 Å². The first-order chi connectivity index (χ1) is 9.56. The first-order valence-corrected chi connectivity index (χ1v) is 8.01. The Balaban J connectivity index is 2.03. The number of fused-ring (bicyclic) bond motifs is 1. The molecule has 20 heavy (non-hydrogen) atoms. The van der Waals surface area contributed by atoms with Crippen LogP contribution in [0.5, 0.6) is 0 Å². The summed E-state index contributed by atoms with van der Waals surface area (Å²) in [6.07, 6.45) is 1.37. The summed E-state index contributed by atoms with van der Waals surface area (Å²) in [6.45, 7) is 0. The molecule has 1 N–H and O–H groups in total. The monoisotopic (exact) mass is 326 g/mol. The molecule has 2 aromatic heterocycles. The predicted octanol–water partition coefficient (Wildman–Crippen LogP) is 2.54. The Kier molecular flexibility index (Phi) is 3.28. The minimum Gasteiger partial charge on any atom is -0.263 e. The third-order valence-electron chi connectivity index (χ3n) is 2.50. The highest BCUT2D eigenvalue weighted by atomic mass is 35.5. The van der Waals surface area contributed by atoms with Crippen LogP contribution in [0.15, 0.2) is 41.4 Å². The molecule has 3 rings (SSSR count). The van der Waals surface area contributed by atoms with Crippen molar-refractivity contribution in [2.75, 3.05) is 4.72 Å². The molecule has 0 atom stereocenters. The third-order valence-corrected chi connectivity index (χ3v) is 4.66. The number of benzene rings is 1. The fourth-order valence-corrected chi connectivity index (χ4v) is 3.51. The molecule has 0 unspecified atom stereocenters. The van der Waals surface area contributed by atoms with Crippen molar-refractivity contribution in [3.8, 4) is 0 Å². The predicted molar refractivity (Wildman–Crippen MR) is 77.5 cm³/mol. The largest absolute Gasteiger partial charge is 0.265 e. The Morgan fingerprint density at radius 2 is 2.00 bits per heavy atom. The van der Waals surface area contributed by atoms with Gasteiger partial charge in [0.2, 0.25) is 0 Å². The zero-order valence-corrected chi connectivity index (χ0v) is 12.2. The van der Waals surface area contributed by atoms with Crippen LogP contribution in [-0.4, -0.2) is 22.1 Å². The minimum absolute atomic E-state index is 0.0699. The summed E-state index contributed by atoms with van der Waals surface area (Å²) in [4.78, 5) is 3.97. The van der Waals surface area contributed by atoms with E-state index in [1.807, 2.05) is 0 Å². The van der Waals surface area contributed by atoms with E-state index in [0.717, 1.165) is 11.7 Å². The van der Waals surface area contributed by atoms with Gasteiger partial charge in [-0.3, -0.25) is 4.72 Å². The average Bonchev–Trinajstić information content (AvgIpc) is 2.89. The van der Waals surface area contributed by atoms with Gasteiger partial charge in [0, 0.05) is 6.20 Å². The van der Waals surface area contributed by atoms with E-state index in [1.165, 1.54) is 18.3 Å². The number of halogens is 1. The number of pyridine rings is 1. The van der Waals surface area contributed by atoms with E-state index >= 15 is 0 Å². The van der Waals surface area contributed by atoms with E-state index in [0.29, 0.717) is 16.1 Å². The Labute approximate surface area is 123 Å². The van der Waals surface area contributed by atoms with Gasteiger partial charge in [-0.2, -0.15) is 8.75 Å². The Morgan fingerprint density at radius 3 is 2.75 bits per heavy atom. The Morgan fingerprint density at radius 1 is 1.15 bits per heavy atom. The first-order valence-electron chi connectivity index (χ1n) is 5.42. The van der Waals surface area contributed by atoms with Crippen molar-refractivity contribution in [2.24, 2.45) is 0 Å². The summed E-state index contributed by atoms with van der Waals surface area (Å²) in [7, 11) is -3.77. The van der Waals surface area contributed by atoms with E-state index in [9.17, 15) is 8.42 Å². The zero-order valence-electron chi connectivity index (χ0n) is 9.82. The molecule has 0 aliphatic heterocycles. The van der Waals surface area contributed by atoms with Crippen molar-refractivity contribution in [3.63, 3.8) is 0 Å². The van der Waals surface area contributed by atoms with Crippen LogP contribution in [0.25, 0.3) is 11.0 Å². The fraction of sp³-hybridized carbons (Fsp3) is 0. The zero-order chi connectivity index (χ0) is 14.2.